The second kappa shape index (κ2) is 34.6. The van der Waals surface area contributed by atoms with Gasteiger partial charge in [0.2, 0.25) is 17.7 Å². The quantitative estimate of drug-likeness (QED) is 0.0749. The smallest absolute Gasteiger partial charge is 0.382 e. The highest BCUT2D eigenvalue weighted by Crippen LogP contribution is 2.26. The molecule has 2 fully saturated rings. The van der Waals surface area contributed by atoms with E-state index in [4.69, 9.17) is 14.3 Å². The van der Waals surface area contributed by atoms with Crippen molar-refractivity contribution in [3.05, 3.63) is 107 Å². The Labute approximate surface area is 437 Å². The molecule has 0 spiro atoms. The van der Waals surface area contributed by atoms with Gasteiger partial charge in [0.25, 0.3) is 0 Å². The number of halogens is 6. The van der Waals surface area contributed by atoms with Gasteiger partial charge in [0, 0.05) is 70.9 Å². The van der Waals surface area contributed by atoms with Gasteiger partial charge in [-0.05, 0) is 90.2 Å². The zero-order valence-electron chi connectivity index (χ0n) is 43.9. The number of amides is 5. The van der Waals surface area contributed by atoms with Crippen LogP contribution in [0.4, 0.5) is 26.3 Å². The largest absolute Gasteiger partial charge is 0.471 e. The number of ether oxygens (including phenoxy) is 2. The van der Waals surface area contributed by atoms with Crippen molar-refractivity contribution in [2.24, 2.45) is 5.73 Å². The fourth-order valence-corrected chi connectivity index (χ4v) is 8.43. The van der Waals surface area contributed by atoms with Gasteiger partial charge in [-0.1, -0.05) is 90.5 Å². The summed E-state index contributed by atoms with van der Waals surface area (Å²) in [5, 5.41) is 8.37. The molecule has 5 amide bonds. The molecule has 4 atom stereocenters. The summed E-state index contributed by atoms with van der Waals surface area (Å²) in [7, 11) is 6.23. The van der Waals surface area contributed by atoms with E-state index in [0.29, 0.717) is 58.4 Å². The molecule has 2 aliphatic rings. The third kappa shape index (κ3) is 23.7. The number of likely N-dealkylation sites (N-methyl/N-ethyl adjacent to an activating group) is 2. The van der Waals surface area contributed by atoms with Crippen LogP contribution in [0.2, 0.25) is 0 Å². The second-order valence-electron chi connectivity index (χ2n) is 17.7. The molecule has 0 aromatic heterocycles. The molecule has 0 aliphatic carbocycles. The molecule has 75 heavy (non-hydrogen) atoms. The number of aryl methyl sites for hydroxylation is 1. The summed E-state index contributed by atoms with van der Waals surface area (Å²) in [6.07, 6.45) is -6.18. The lowest BCUT2D eigenvalue weighted by Crippen LogP contribution is -2.55. The summed E-state index contributed by atoms with van der Waals surface area (Å²) in [6.45, 7) is 4.39. The first-order chi connectivity index (χ1) is 35.7. The maximum absolute atomic E-state index is 13.3. The van der Waals surface area contributed by atoms with Gasteiger partial charge in [-0.25, -0.2) is 0 Å². The average Bonchev–Trinajstić information content (AvgIpc) is 4.07. The second-order valence-corrected chi connectivity index (χ2v) is 17.7. The van der Waals surface area contributed by atoms with Crippen molar-refractivity contribution < 1.29 is 64.6 Å². The Balaban J connectivity index is 0.000000476. The minimum absolute atomic E-state index is 0.00424. The lowest BCUT2D eigenvalue weighted by Gasteiger charge is -2.33. The summed E-state index contributed by atoms with van der Waals surface area (Å²) < 4.78 is 90.6. The molecule has 3 aromatic carbocycles. The van der Waals surface area contributed by atoms with Crippen LogP contribution in [0.25, 0.3) is 0 Å². The molecule has 4 unspecified atom stereocenters. The minimum atomic E-state index is -5.01. The van der Waals surface area contributed by atoms with Crippen LogP contribution < -0.4 is 21.7 Å². The van der Waals surface area contributed by atoms with Crippen molar-refractivity contribution in [1.29, 1.82) is 0 Å². The molecule has 5 N–H and O–H groups in total. The van der Waals surface area contributed by atoms with Gasteiger partial charge in [0.1, 0.15) is 12.3 Å². The van der Waals surface area contributed by atoms with Gasteiger partial charge in [-0.3, -0.25) is 24.0 Å². The number of carbonyl (C=O) groups excluding carboxylic acids is 6. The molecule has 0 bridgehead atoms. The number of benzene rings is 3. The summed E-state index contributed by atoms with van der Waals surface area (Å²) >= 11 is 0. The maximum Gasteiger partial charge on any atom is 0.471 e. The highest BCUT2D eigenvalue weighted by atomic mass is 19.4. The third-order valence-electron chi connectivity index (χ3n) is 12.1. The molecule has 3 aromatic rings. The van der Waals surface area contributed by atoms with Crippen molar-refractivity contribution in [3.8, 4) is 0 Å². The van der Waals surface area contributed by atoms with Crippen LogP contribution in [-0.4, -0.2) is 179 Å². The molecule has 2 saturated heterocycles. The van der Waals surface area contributed by atoms with Gasteiger partial charge in [0.05, 0.1) is 26.4 Å². The molecule has 0 radical (unpaired) electrons. The number of likely N-dealkylation sites (tertiary alicyclic amines) is 2. The lowest BCUT2D eigenvalue weighted by atomic mass is 10.1. The van der Waals surface area contributed by atoms with Gasteiger partial charge in [-0.15, -0.1) is 0 Å². The van der Waals surface area contributed by atoms with E-state index >= 15 is 0 Å². The van der Waals surface area contributed by atoms with Crippen LogP contribution in [0.3, 0.4) is 0 Å². The Morgan fingerprint density at radius 1 is 0.733 bits per heavy atom. The Morgan fingerprint density at radius 2 is 1.20 bits per heavy atom. The molecule has 2 aliphatic heterocycles. The number of methoxy groups -OCH3 is 1. The number of hydrogen-bond donors (Lipinski definition) is 4. The number of nitrogens with two attached hydrogens (primary N) is 1. The Bertz CT molecular complexity index is 2140. The predicted molar refractivity (Wildman–Crippen MR) is 273 cm³/mol. The van der Waals surface area contributed by atoms with E-state index < -0.39 is 54.1 Å². The van der Waals surface area contributed by atoms with E-state index in [2.05, 4.69) is 21.7 Å². The lowest BCUT2D eigenvalue weighted by molar-refractivity contribution is -0.186. The zero-order valence-corrected chi connectivity index (χ0v) is 43.9. The first-order valence-electron chi connectivity index (χ1n) is 24.9. The normalized spacial score (nSPS) is 15.9. The Morgan fingerprint density at radius 3 is 1.64 bits per heavy atom. The van der Waals surface area contributed by atoms with Gasteiger partial charge in [-0.2, -0.15) is 26.3 Å². The zero-order chi connectivity index (χ0) is 56.0. The molecule has 5 rings (SSSR count). The standard InChI is InChI=1S/C28H36F3N3O3.C22H31F3N4O4.C2H4O.CH5N/c1-21-10-12-23(13-11-21)19-37-20-24(32-2)17-26(35)34-15-6-9-25(34)18-33(27(36)28(29,30)31)16-14-22-7-4-3-5-8-22;1-26-13-19(30)27-18(15-33-2)20(31)29-11-6-9-17(29)14-28(21(32)22(23,24)25)12-10-16-7-4-3-5-8-16;1-2-3;1-2/h3-5,7-8,10-13,24-25,32H,6,9,14-20H2,1-2H3;3-5,7-8,17-18,26H,6,9-15H2,1-2H3,(H,27,30);2H,1H3;2H2,1H3. The molecular weight excluding hydrogens is 991 g/mol. The molecular formula is C53H76F6N8O8. The van der Waals surface area contributed by atoms with Crippen molar-refractivity contribution in [2.45, 2.75) is 102 Å². The van der Waals surface area contributed by atoms with Crippen LogP contribution >= 0.6 is 0 Å². The van der Waals surface area contributed by atoms with Gasteiger partial charge in [0.15, 0.2) is 0 Å². The van der Waals surface area contributed by atoms with Gasteiger partial charge >= 0.3 is 24.2 Å². The van der Waals surface area contributed by atoms with E-state index in [1.807, 2.05) is 61.5 Å². The number of nitrogens with zero attached hydrogens (tertiary/aromatic N) is 4. The van der Waals surface area contributed by atoms with Crippen molar-refractivity contribution in [2.75, 3.05) is 87.3 Å². The van der Waals surface area contributed by atoms with E-state index in [1.54, 1.807) is 49.3 Å². The van der Waals surface area contributed by atoms with Crippen molar-refractivity contribution in [3.63, 3.8) is 0 Å². The van der Waals surface area contributed by atoms with Crippen LogP contribution in [0, 0.1) is 6.92 Å². The van der Waals surface area contributed by atoms with E-state index in [9.17, 15) is 50.3 Å². The summed E-state index contributed by atoms with van der Waals surface area (Å²) in [6, 6.07) is 23.8. The number of hydrogen-bond acceptors (Lipinski definition) is 11. The van der Waals surface area contributed by atoms with Crippen molar-refractivity contribution >= 4 is 35.8 Å². The third-order valence-corrected chi connectivity index (χ3v) is 12.1. The highest BCUT2D eigenvalue weighted by Gasteiger charge is 2.45. The Hall–Kier alpha value is -5.94. The summed E-state index contributed by atoms with van der Waals surface area (Å²) in [4.78, 5) is 76.0. The van der Waals surface area contributed by atoms with Gasteiger partial charge < -0.3 is 55.6 Å². The van der Waals surface area contributed by atoms with Crippen LogP contribution in [-0.2, 0) is 57.7 Å². The first-order valence-corrected chi connectivity index (χ1v) is 24.9. The number of nitrogens with one attached hydrogen (secondary N) is 3. The maximum atomic E-state index is 13.3. The molecule has 22 heteroatoms. The minimum Gasteiger partial charge on any atom is -0.382 e. The number of carbonyl (C=O) groups is 6. The highest BCUT2D eigenvalue weighted by molar-refractivity contribution is 5.89. The van der Waals surface area contributed by atoms with Crippen LogP contribution in [0.5, 0.6) is 0 Å². The van der Waals surface area contributed by atoms with Crippen molar-refractivity contribution in [1.82, 2.24) is 35.6 Å². The number of aldehydes is 1. The molecule has 418 valence electrons. The van der Waals surface area contributed by atoms with Crippen LogP contribution in [0.1, 0.15) is 61.3 Å². The first kappa shape index (κ1) is 65.2. The summed E-state index contributed by atoms with van der Waals surface area (Å²) in [5.41, 5.74) is 8.36. The summed E-state index contributed by atoms with van der Waals surface area (Å²) in [5.74, 6) is -4.77. The molecule has 2 heterocycles. The molecule has 0 saturated carbocycles. The fourth-order valence-electron chi connectivity index (χ4n) is 8.43. The number of alkyl halides is 6. The Kier molecular flexibility index (Phi) is 30.1. The van der Waals surface area contributed by atoms with E-state index in [-0.39, 0.29) is 64.1 Å². The van der Waals surface area contributed by atoms with E-state index in [1.165, 1.54) is 26.0 Å². The van der Waals surface area contributed by atoms with Crippen LogP contribution in [0.15, 0.2) is 84.9 Å². The molecule has 16 nitrogen and oxygen atoms in total. The SMILES string of the molecule is CC=O.CN.CNC(COCc1ccc(C)cc1)CC(=O)N1CCCC1CN(CCc1ccccc1)C(=O)C(F)(F)F.CNCC(=O)NC(COC)C(=O)N1CCCC1CN(CCc1ccccc1)C(=O)C(F)(F)F. The topological polar surface area (TPSA) is 196 Å². The number of rotatable bonds is 23. The van der Waals surface area contributed by atoms with E-state index in [0.717, 1.165) is 38.3 Å². The average molecular weight is 1070 g/mol. The predicted octanol–water partition coefficient (Wildman–Crippen LogP) is 4.86. The fraction of sp³-hybridized carbons (Fsp3) is 0.547. The monoisotopic (exact) mass is 1070 g/mol.